The molecule has 22 unspecified atom stereocenters. The Balaban J connectivity index is 0.000000189. The van der Waals surface area contributed by atoms with Crippen molar-refractivity contribution < 1.29 is 114 Å². The highest BCUT2D eigenvalue weighted by Gasteiger charge is 2.48. The van der Waals surface area contributed by atoms with Gasteiger partial charge in [-0.3, -0.25) is 28.8 Å². The minimum Gasteiger partial charge on any atom is -0.463 e. The van der Waals surface area contributed by atoms with Gasteiger partial charge >= 0.3 is 29.8 Å². The molecule has 25 heteroatoms. The fourth-order valence-corrected chi connectivity index (χ4v) is 14.8. The maximum absolute atomic E-state index is 11.7. The molecule has 1 N–H and O–H groups in total. The van der Waals surface area contributed by atoms with Crippen molar-refractivity contribution in [2.24, 2.45) is 64.1 Å². The highest BCUT2D eigenvalue weighted by molar-refractivity contribution is 5.78. The van der Waals surface area contributed by atoms with Crippen LogP contribution in [0.3, 0.4) is 0 Å². The number of hydrogen-bond acceptors (Lipinski definition) is 24. The Morgan fingerprint density at radius 1 is 0.327 bits per heavy atom. The lowest BCUT2D eigenvalue weighted by atomic mass is 9.87. The first-order valence-corrected chi connectivity index (χ1v) is 44.5. The standard InChI is InChI=1S/C17H30O5.C16H28O5.C15H26O4.C14H25NO3.C14H24O4.C12H20O3/c1-4-17(2,3)16(18)21-10-9-19-7-8-20-12-13-5-6-14-15(11-13)22-14;1-3-12(2)16(17)20-9-8-18-6-7-19-11-13-4-5-14-15(10-13)21-14;1-4-15(2,3)14(16)18-8-7-17-10-11-5-6-12-13(9-11)19-12;1-3-10(2)14(16)15-6-7-17-9-11-4-5-12-13(8-11)18-12;1-3-10(2)14(15)17-7-6-16-9-11-4-5-12-13(8-11)18-12;1-3-8(2)14-12(13)7-9-4-5-10-11(6-9)15-10/h13-15H,4-12H2,1-3H3;12-15H,3-11H2,1-2H3;11-13H,4-10H2,1-3H3;10-13H,3-9H2,1-2H3,(H,15,16);10-13H,3-9H2,1-2H3;8-11H,3-7H2,1-2H3. The quantitative estimate of drug-likeness (QED) is 0.0256. The van der Waals surface area contributed by atoms with Crippen LogP contribution in [-0.4, -0.2) is 241 Å². The van der Waals surface area contributed by atoms with Crippen LogP contribution in [0.25, 0.3) is 0 Å². The van der Waals surface area contributed by atoms with Crippen LogP contribution in [-0.2, 0) is 114 Å². The van der Waals surface area contributed by atoms with E-state index < -0.39 is 5.41 Å². The molecular formula is C88H153NO24. The molecular weight excluding hydrogens is 1450 g/mol. The third-order valence-electron chi connectivity index (χ3n) is 24.9. The second kappa shape index (κ2) is 51.7. The fraction of sp³-hybridized carbons (Fsp3) is 0.932. The summed E-state index contributed by atoms with van der Waals surface area (Å²) in [5.41, 5.74) is -0.797. The summed E-state index contributed by atoms with van der Waals surface area (Å²) in [7, 11) is 0. The van der Waals surface area contributed by atoms with Gasteiger partial charge in [-0.25, -0.2) is 0 Å². The summed E-state index contributed by atoms with van der Waals surface area (Å²) >= 11 is 0. The minimum absolute atomic E-state index is 0.00714. The molecule has 0 aromatic heterocycles. The van der Waals surface area contributed by atoms with Crippen molar-refractivity contribution >= 4 is 35.8 Å². The third kappa shape index (κ3) is 38.5. The van der Waals surface area contributed by atoms with E-state index in [2.05, 4.69) is 5.32 Å². The van der Waals surface area contributed by atoms with Crippen LogP contribution in [0.4, 0.5) is 0 Å². The number of nitrogens with one attached hydrogen (secondary N) is 1. The summed E-state index contributed by atoms with van der Waals surface area (Å²) in [6.45, 7) is 38.0. The Labute approximate surface area is 678 Å². The smallest absolute Gasteiger partial charge is 0.311 e. The van der Waals surface area contributed by atoms with E-state index in [-0.39, 0.29) is 65.0 Å². The van der Waals surface area contributed by atoms with Gasteiger partial charge in [-0.15, -0.1) is 0 Å². The molecule has 12 rings (SSSR count). The van der Waals surface area contributed by atoms with E-state index >= 15 is 0 Å². The molecule has 6 aliphatic heterocycles. The predicted octanol–water partition coefficient (Wildman–Crippen LogP) is 13.5. The van der Waals surface area contributed by atoms with Crippen molar-refractivity contribution in [2.45, 2.75) is 337 Å². The highest BCUT2D eigenvalue weighted by atomic mass is 16.6. The van der Waals surface area contributed by atoms with Crippen molar-refractivity contribution in [1.29, 1.82) is 0 Å². The van der Waals surface area contributed by atoms with Gasteiger partial charge in [0.1, 0.15) is 26.4 Å². The number of amides is 1. The monoisotopic (exact) mass is 1610 g/mol. The molecule has 6 heterocycles. The lowest BCUT2D eigenvalue weighted by Gasteiger charge is -2.21. The number of carbonyl (C=O) groups is 6. The lowest BCUT2D eigenvalue weighted by Crippen LogP contribution is -2.32. The van der Waals surface area contributed by atoms with Crippen LogP contribution in [0.5, 0.6) is 0 Å². The topological polar surface area (TPSA) is 300 Å². The second-order valence-corrected chi connectivity index (χ2v) is 35.2. The van der Waals surface area contributed by atoms with E-state index in [0.29, 0.717) is 208 Å². The summed E-state index contributed by atoms with van der Waals surface area (Å²) in [5.74, 6) is 3.28. The molecule has 12 fully saturated rings. The molecule has 654 valence electrons. The predicted molar refractivity (Wildman–Crippen MR) is 426 cm³/mol. The molecule has 0 spiro atoms. The van der Waals surface area contributed by atoms with Crippen molar-refractivity contribution in [2.75, 3.05) is 125 Å². The van der Waals surface area contributed by atoms with Gasteiger partial charge in [0.05, 0.1) is 161 Å². The van der Waals surface area contributed by atoms with E-state index in [1.165, 1.54) is 64.2 Å². The number of ether oxygens (including phenoxy) is 18. The average molecular weight is 1610 g/mol. The minimum atomic E-state index is -0.409. The van der Waals surface area contributed by atoms with Crippen LogP contribution < -0.4 is 5.32 Å². The molecule has 6 aliphatic carbocycles. The van der Waals surface area contributed by atoms with E-state index in [9.17, 15) is 28.8 Å². The average Bonchev–Trinajstić information content (AvgIpc) is 1.77. The SMILES string of the molecule is CCC(C)(C)C(=O)OCCOCC1CCC2OC2C1.CCC(C)(C)C(=O)OCCOCCOCC1CCC2OC2C1.CCC(C)C(=O)NCCOCC1CCC2OC2C1.CCC(C)C(=O)OCCOCC1CCC2OC2C1.CCC(C)C(=O)OCCOCCOCC1CCC2OC2C1.CCC(C)OC(=O)CC1CCC2OC2C1. The normalized spacial score (nSPS) is 30.4. The van der Waals surface area contributed by atoms with Crippen LogP contribution in [0.15, 0.2) is 0 Å². The molecule has 0 bridgehead atoms. The molecule has 6 saturated heterocycles. The number of hydrogen-bond donors (Lipinski definition) is 1. The largest absolute Gasteiger partial charge is 0.463 e. The van der Waals surface area contributed by atoms with Gasteiger partial charge in [-0.1, -0.05) is 62.3 Å². The van der Waals surface area contributed by atoms with Gasteiger partial charge in [-0.05, 0) is 224 Å². The Kier molecular flexibility index (Phi) is 44.1. The number of carbonyl (C=O) groups excluding carboxylic acids is 6. The number of esters is 5. The second-order valence-electron chi connectivity index (χ2n) is 35.2. The third-order valence-corrected chi connectivity index (χ3v) is 24.9. The van der Waals surface area contributed by atoms with E-state index in [0.717, 1.165) is 123 Å². The van der Waals surface area contributed by atoms with E-state index in [1.807, 2.05) is 96.9 Å². The Morgan fingerprint density at radius 3 is 0.903 bits per heavy atom. The first-order chi connectivity index (χ1) is 54.3. The zero-order chi connectivity index (χ0) is 81.7. The van der Waals surface area contributed by atoms with Crippen molar-refractivity contribution in [3.8, 4) is 0 Å². The maximum atomic E-state index is 11.7. The van der Waals surface area contributed by atoms with Crippen LogP contribution in [0.1, 0.15) is 257 Å². The van der Waals surface area contributed by atoms with Gasteiger partial charge in [-0.2, -0.15) is 0 Å². The zero-order valence-corrected chi connectivity index (χ0v) is 72.1. The molecule has 25 nitrogen and oxygen atoms in total. The van der Waals surface area contributed by atoms with Crippen molar-refractivity contribution in [3.63, 3.8) is 0 Å². The van der Waals surface area contributed by atoms with Crippen LogP contribution >= 0.6 is 0 Å². The first kappa shape index (κ1) is 96.4. The summed E-state index contributed by atoms with van der Waals surface area (Å²) in [4.78, 5) is 69.3. The summed E-state index contributed by atoms with van der Waals surface area (Å²) < 4.78 is 97.7. The van der Waals surface area contributed by atoms with Gasteiger partial charge in [0.2, 0.25) is 5.91 Å². The van der Waals surface area contributed by atoms with Crippen LogP contribution in [0, 0.1) is 64.1 Å². The Hall–Kier alpha value is -3.70. The molecule has 22 atom stereocenters. The Bertz CT molecular complexity index is 2650. The molecule has 1 amide bonds. The van der Waals surface area contributed by atoms with Gasteiger partial charge in [0, 0.05) is 51.9 Å². The zero-order valence-electron chi connectivity index (χ0n) is 72.1. The van der Waals surface area contributed by atoms with E-state index in [1.54, 1.807) is 0 Å². The molecule has 113 heavy (non-hydrogen) atoms. The number of rotatable bonds is 45. The Morgan fingerprint density at radius 2 is 0.602 bits per heavy atom. The van der Waals surface area contributed by atoms with Gasteiger partial charge < -0.3 is 90.6 Å². The molecule has 0 aromatic rings. The number of fused-ring (bicyclic) bond motifs is 6. The van der Waals surface area contributed by atoms with Gasteiger partial charge in [0.25, 0.3) is 0 Å². The molecule has 0 radical (unpaired) electrons. The summed E-state index contributed by atoms with van der Waals surface area (Å²) in [6.07, 6.45) is 33.0. The summed E-state index contributed by atoms with van der Waals surface area (Å²) in [5, 5.41) is 2.90. The summed E-state index contributed by atoms with van der Waals surface area (Å²) in [6, 6.07) is 0. The lowest BCUT2D eigenvalue weighted by molar-refractivity contribution is -0.156. The van der Waals surface area contributed by atoms with Crippen molar-refractivity contribution in [1.82, 2.24) is 5.32 Å². The van der Waals surface area contributed by atoms with E-state index in [4.69, 9.17) is 85.3 Å². The first-order valence-electron chi connectivity index (χ1n) is 44.5. The fourth-order valence-electron chi connectivity index (χ4n) is 14.8. The number of epoxide rings is 6. The molecule has 0 aromatic carbocycles. The van der Waals surface area contributed by atoms with Crippen molar-refractivity contribution in [3.05, 3.63) is 0 Å². The highest BCUT2D eigenvalue weighted by Crippen LogP contribution is 2.44. The maximum Gasteiger partial charge on any atom is 0.311 e. The molecule has 6 saturated carbocycles. The molecule has 12 aliphatic rings. The van der Waals surface area contributed by atoms with Crippen LogP contribution in [0.2, 0.25) is 0 Å². The van der Waals surface area contributed by atoms with Gasteiger partial charge in [0.15, 0.2) is 0 Å².